The molecule has 82 valence electrons. The topological polar surface area (TPSA) is 53.6 Å². The molecule has 0 spiro atoms. The molecule has 14 heavy (non-hydrogen) atoms. The average Bonchev–Trinajstić information content (AvgIpc) is 2.63. The first-order chi connectivity index (χ1) is 6.69. The molecule has 0 aromatic carbocycles. The zero-order valence-corrected chi connectivity index (χ0v) is 9.04. The van der Waals surface area contributed by atoms with Crippen molar-refractivity contribution in [2.45, 2.75) is 19.1 Å². The van der Waals surface area contributed by atoms with E-state index in [0.717, 1.165) is 13.1 Å². The van der Waals surface area contributed by atoms with Gasteiger partial charge < -0.3 is 20.3 Å². The third-order valence-electron chi connectivity index (χ3n) is 2.59. The van der Waals surface area contributed by atoms with Crippen molar-refractivity contribution in [2.24, 2.45) is 0 Å². The lowest BCUT2D eigenvalue weighted by molar-refractivity contribution is 0.0962. The second kappa shape index (κ2) is 5.17. The minimum Gasteiger partial charge on any atom is -0.378 e. The molecule has 2 atom stereocenters. The van der Waals surface area contributed by atoms with Gasteiger partial charge in [0.25, 0.3) is 0 Å². The predicted molar refractivity (Wildman–Crippen MR) is 54.3 cm³/mol. The number of carbonyl (C=O) groups excluding carboxylic acids is 1. The molecule has 2 amide bonds. The second-order valence-corrected chi connectivity index (χ2v) is 3.50. The predicted octanol–water partition coefficient (Wildman–Crippen LogP) is -0.365. The maximum atomic E-state index is 11.5. The summed E-state index contributed by atoms with van der Waals surface area (Å²) in [4.78, 5) is 13.2. The van der Waals surface area contributed by atoms with Crippen molar-refractivity contribution in [1.82, 2.24) is 15.5 Å². The first kappa shape index (κ1) is 11.3. The zero-order chi connectivity index (χ0) is 10.6. The number of urea groups is 1. The van der Waals surface area contributed by atoms with Crippen molar-refractivity contribution in [3.05, 3.63) is 0 Å². The summed E-state index contributed by atoms with van der Waals surface area (Å²) in [7, 11) is 3.44. The SMILES string of the molecule is CCN(C)C(=O)NC1CNC[C@@H]1OC. The first-order valence-electron chi connectivity index (χ1n) is 4.94. The van der Waals surface area contributed by atoms with E-state index in [0.29, 0.717) is 6.54 Å². The van der Waals surface area contributed by atoms with Gasteiger partial charge in [0.1, 0.15) is 0 Å². The van der Waals surface area contributed by atoms with Crippen LogP contribution < -0.4 is 10.6 Å². The van der Waals surface area contributed by atoms with Gasteiger partial charge >= 0.3 is 6.03 Å². The van der Waals surface area contributed by atoms with Crippen molar-refractivity contribution in [1.29, 1.82) is 0 Å². The Bertz CT molecular complexity index is 198. The molecule has 2 N–H and O–H groups in total. The van der Waals surface area contributed by atoms with Crippen molar-refractivity contribution >= 4 is 6.03 Å². The van der Waals surface area contributed by atoms with Crippen LogP contribution in [0, 0.1) is 0 Å². The largest absolute Gasteiger partial charge is 0.378 e. The quantitative estimate of drug-likeness (QED) is 0.655. The molecule has 0 radical (unpaired) electrons. The van der Waals surface area contributed by atoms with Gasteiger partial charge in [0.15, 0.2) is 0 Å². The Morgan fingerprint density at radius 2 is 2.36 bits per heavy atom. The fourth-order valence-corrected chi connectivity index (χ4v) is 1.46. The number of ether oxygens (including phenoxy) is 1. The van der Waals surface area contributed by atoms with Crippen molar-refractivity contribution in [2.75, 3.05) is 33.8 Å². The summed E-state index contributed by atoms with van der Waals surface area (Å²) in [5, 5.41) is 6.11. The van der Waals surface area contributed by atoms with Gasteiger partial charge in [0, 0.05) is 33.8 Å². The van der Waals surface area contributed by atoms with Crippen LogP contribution >= 0.6 is 0 Å². The zero-order valence-electron chi connectivity index (χ0n) is 9.04. The van der Waals surface area contributed by atoms with Crippen LogP contribution in [0.2, 0.25) is 0 Å². The number of carbonyl (C=O) groups is 1. The highest BCUT2D eigenvalue weighted by Crippen LogP contribution is 2.03. The molecule has 0 saturated carbocycles. The Morgan fingerprint density at radius 3 is 2.93 bits per heavy atom. The van der Waals surface area contributed by atoms with Crippen LogP contribution in [0.25, 0.3) is 0 Å². The van der Waals surface area contributed by atoms with Gasteiger partial charge in [-0.25, -0.2) is 4.79 Å². The number of rotatable bonds is 3. The minimum atomic E-state index is -0.0387. The lowest BCUT2D eigenvalue weighted by Gasteiger charge is -2.22. The van der Waals surface area contributed by atoms with Crippen molar-refractivity contribution < 1.29 is 9.53 Å². The van der Waals surface area contributed by atoms with Crippen LogP contribution in [0.5, 0.6) is 0 Å². The number of hydrogen-bond donors (Lipinski definition) is 2. The second-order valence-electron chi connectivity index (χ2n) is 3.50. The van der Waals surface area contributed by atoms with Crippen LogP contribution in [0.1, 0.15) is 6.92 Å². The number of nitrogens with one attached hydrogen (secondary N) is 2. The molecule has 1 aliphatic heterocycles. The van der Waals surface area contributed by atoms with E-state index in [1.54, 1.807) is 19.1 Å². The standard InChI is InChI=1S/C9H19N3O2/c1-4-12(2)9(13)11-7-5-10-6-8(7)14-3/h7-8,10H,4-6H2,1-3H3,(H,11,13)/t7?,8-/m0/s1. The Kier molecular flexibility index (Phi) is 4.16. The molecular formula is C9H19N3O2. The highest BCUT2D eigenvalue weighted by Gasteiger charge is 2.28. The van der Waals surface area contributed by atoms with E-state index >= 15 is 0 Å². The van der Waals surface area contributed by atoms with Gasteiger partial charge in [-0.3, -0.25) is 0 Å². The van der Waals surface area contributed by atoms with Crippen LogP contribution in [0.4, 0.5) is 4.79 Å². The lowest BCUT2D eigenvalue weighted by Crippen LogP contribution is -2.48. The molecule has 1 unspecified atom stereocenters. The van der Waals surface area contributed by atoms with Crippen molar-refractivity contribution in [3.8, 4) is 0 Å². The Labute approximate surface area is 84.8 Å². The summed E-state index contributed by atoms with van der Waals surface area (Å²) in [6.45, 7) is 4.24. The van der Waals surface area contributed by atoms with Gasteiger partial charge in [0.2, 0.25) is 0 Å². The van der Waals surface area contributed by atoms with Gasteiger partial charge in [-0.2, -0.15) is 0 Å². The summed E-state index contributed by atoms with van der Waals surface area (Å²) in [5.41, 5.74) is 0. The maximum Gasteiger partial charge on any atom is 0.317 e. The number of hydrogen-bond acceptors (Lipinski definition) is 3. The Hall–Kier alpha value is -0.810. The number of methoxy groups -OCH3 is 1. The van der Waals surface area contributed by atoms with Crippen LogP contribution in [-0.2, 0) is 4.74 Å². The normalized spacial score (nSPS) is 26.2. The number of amides is 2. The lowest BCUT2D eigenvalue weighted by atomic mass is 10.2. The van der Waals surface area contributed by atoms with Gasteiger partial charge in [-0.15, -0.1) is 0 Å². The fourth-order valence-electron chi connectivity index (χ4n) is 1.46. The minimum absolute atomic E-state index is 0.0387. The van der Waals surface area contributed by atoms with E-state index in [1.807, 2.05) is 6.92 Å². The van der Waals surface area contributed by atoms with E-state index in [1.165, 1.54) is 0 Å². The maximum absolute atomic E-state index is 11.5. The molecule has 1 rings (SSSR count). The molecule has 1 saturated heterocycles. The molecule has 5 nitrogen and oxygen atoms in total. The monoisotopic (exact) mass is 201 g/mol. The molecule has 1 fully saturated rings. The number of nitrogens with zero attached hydrogens (tertiary/aromatic N) is 1. The van der Waals surface area contributed by atoms with E-state index in [9.17, 15) is 4.79 Å². The van der Waals surface area contributed by atoms with Crippen LogP contribution in [0.15, 0.2) is 0 Å². The van der Waals surface area contributed by atoms with E-state index in [-0.39, 0.29) is 18.2 Å². The molecule has 1 aliphatic rings. The van der Waals surface area contributed by atoms with Gasteiger partial charge in [-0.05, 0) is 6.92 Å². The molecule has 5 heteroatoms. The molecule has 0 aromatic heterocycles. The Balaban J connectivity index is 2.39. The smallest absolute Gasteiger partial charge is 0.317 e. The summed E-state index contributed by atoms with van der Waals surface area (Å²) in [6.07, 6.45) is 0.0872. The summed E-state index contributed by atoms with van der Waals surface area (Å²) in [5.74, 6) is 0. The van der Waals surface area contributed by atoms with E-state index < -0.39 is 0 Å². The molecule has 0 aromatic rings. The molecule has 0 bridgehead atoms. The Morgan fingerprint density at radius 1 is 1.64 bits per heavy atom. The highest BCUT2D eigenvalue weighted by atomic mass is 16.5. The third-order valence-corrected chi connectivity index (χ3v) is 2.59. The highest BCUT2D eigenvalue weighted by molar-refractivity contribution is 5.74. The van der Waals surface area contributed by atoms with Gasteiger partial charge in [-0.1, -0.05) is 0 Å². The molecule has 0 aliphatic carbocycles. The van der Waals surface area contributed by atoms with Crippen molar-refractivity contribution in [3.63, 3.8) is 0 Å². The van der Waals surface area contributed by atoms with Crippen LogP contribution in [0.3, 0.4) is 0 Å². The van der Waals surface area contributed by atoms with E-state index in [4.69, 9.17) is 4.74 Å². The molecule has 1 heterocycles. The summed E-state index contributed by atoms with van der Waals surface area (Å²) >= 11 is 0. The van der Waals surface area contributed by atoms with Crippen LogP contribution in [-0.4, -0.2) is 56.9 Å². The average molecular weight is 201 g/mol. The fraction of sp³-hybridized carbons (Fsp3) is 0.889. The summed E-state index contributed by atoms with van der Waals surface area (Å²) in [6, 6.07) is 0.0461. The molecular weight excluding hydrogens is 182 g/mol. The third kappa shape index (κ3) is 2.59. The first-order valence-corrected chi connectivity index (χ1v) is 4.94. The van der Waals surface area contributed by atoms with E-state index in [2.05, 4.69) is 10.6 Å². The summed E-state index contributed by atoms with van der Waals surface area (Å²) < 4.78 is 5.24. The van der Waals surface area contributed by atoms with Gasteiger partial charge in [0.05, 0.1) is 12.1 Å².